The van der Waals surface area contributed by atoms with Crippen LogP contribution >= 0.6 is 0 Å². The number of hydrogen-bond donors (Lipinski definition) is 0. The maximum absolute atomic E-state index is 4.67. The van der Waals surface area contributed by atoms with Crippen molar-refractivity contribution in [2.24, 2.45) is 0 Å². The van der Waals surface area contributed by atoms with Crippen molar-refractivity contribution in [3.05, 3.63) is 72.1 Å². The minimum atomic E-state index is 0. The summed E-state index contributed by atoms with van der Waals surface area (Å²) >= 11 is 0. The number of hydrogen-bond acceptors (Lipinski definition) is 4. The van der Waals surface area contributed by atoms with Crippen LogP contribution in [0.3, 0.4) is 0 Å². The molecule has 2 radical (unpaired) electrons. The molecule has 0 bridgehead atoms. The van der Waals surface area contributed by atoms with Gasteiger partial charge in [0.2, 0.25) is 0 Å². The van der Waals surface area contributed by atoms with E-state index in [4.69, 9.17) is 0 Å². The van der Waals surface area contributed by atoms with Gasteiger partial charge in [0.1, 0.15) is 11.6 Å². The molecule has 0 saturated heterocycles. The summed E-state index contributed by atoms with van der Waals surface area (Å²) in [6, 6.07) is 16.9. The number of rotatable bonds is 2. The molecule has 0 spiro atoms. The molecule has 3 heterocycles. The van der Waals surface area contributed by atoms with Gasteiger partial charge in [0.05, 0.1) is 11.4 Å². The Kier molecular flexibility index (Phi) is 6.13. The predicted octanol–water partition coefficient (Wildman–Crippen LogP) is 5.89. The molecule has 4 nitrogen and oxygen atoms in total. The van der Waals surface area contributed by atoms with Crippen molar-refractivity contribution in [2.75, 3.05) is 9.62 Å². The summed E-state index contributed by atoms with van der Waals surface area (Å²) in [5.74, 6) is 1.83. The number of benzene rings is 1. The molecule has 0 fully saturated rings. The molecule has 2 aromatic heterocycles. The number of aromatic nitrogens is 2. The van der Waals surface area contributed by atoms with Crippen LogP contribution in [0.15, 0.2) is 60.9 Å². The maximum atomic E-state index is 4.67. The third kappa shape index (κ3) is 4.31. The van der Waals surface area contributed by atoms with Gasteiger partial charge in [0, 0.05) is 32.5 Å². The van der Waals surface area contributed by atoms with E-state index in [1.165, 1.54) is 11.1 Å². The van der Waals surface area contributed by atoms with E-state index in [0.29, 0.717) is 0 Å². The normalized spacial score (nSPS) is 13.5. The van der Waals surface area contributed by atoms with E-state index in [1.807, 2.05) is 12.4 Å². The summed E-state index contributed by atoms with van der Waals surface area (Å²) in [6.07, 6.45) is 3.79. The second-order valence-electron chi connectivity index (χ2n) is 9.65. The molecule has 4 rings (SSSR count). The van der Waals surface area contributed by atoms with Gasteiger partial charge < -0.3 is 9.62 Å². The molecule has 0 unspecified atom stereocenters. The van der Waals surface area contributed by atoms with Gasteiger partial charge in [-0.05, 0) is 58.4 Å². The summed E-state index contributed by atoms with van der Waals surface area (Å²) in [7, 11) is 2.09. The summed E-state index contributed by atoms with van der Waals surface area (Å²) in [5.41, 5.74) is 4.88. The molecule has 0 amide bonds. The topological polar surface area (TPSA) is 32.3 Å². The monoisotopic (exact) mass is 576 g/mol. The van der Waals surface area contributed by atoms with Crippen LogP contribution in [0.1, 0.15) is 52.7 Å². The summed E-state index contributed by atoms with van der Waals surface area (Å²) in [4.78, 5) is 13.6. The van der Waals surface area contributed by atoms with Crippen LogP contribution < -0.4 is 9.62 Å². The van der Waals surface area contributed by atoms with Crippen molar-refractivity contribution < 1.29 is 20.1 Å². The van der Waals surface area contributed by atoms with E-state index in [-0.39, 0.29) is 30.9 Å². The predicted molar refractivity (Wildman–Crippen MR) is 122 cm³/mol. The second-order valence-corrected chi connectivity index (χ2v) is 9.65. The third-order valence-electron chi connectivity index (χ3n) is 5.35. The van der Waals surface area contributed by atoms with Crippen LogP contribution in [-0.4, -0.2) is 17.5 Å². The Morgan fingerprint density at radius 3 is 1.43 bits per heavy atom. The molecule has 0 aliphatic carbocycles. The fraction of sp³-hybridized carbons (Fsp3) is 0.333. The minimum absolute atomic E-state index is 0. The second kappa shape index (κ2) is 8.16. The van der Waals surface area contributed by atoms with Crippen molar-refractivity contribution in [3.63, 3.8) is 0 Å². The van der Waals surface area contributed by atoms with Crippen molar-refractivity contribution >= 4 is 30.6 Å². The van der Waals surface area contributed by atoms with Gasteiger partial charge in [-0.3, -0.25) is 0 Å². The fourth-order valence-electron chi connectivity index (χ4n) is 3.51. The molecule has 1 aromatic carbocycles. The van der Waals surface area contributed by atoms with Crippen LogP contribution in [0.5, 0.6) is 0 Å². The minimum Gasteiger partial charge on any atom is -0.351 e. The largest absolute Gasteiger partial charge is 0.403 e. The molecule has 30 heavy (non-hydrogen) atoms. The summed E-state index contributed by atoms with van der Waals surface area (Å²) < 4.78 is 0. The quantitative estimate of drug-likeness (QED) is 0.357. The van der Waals surface area contributed by atoms with Crippen molar-refractivity contribution in [3.8, 4) is 0 Å². The number of pyridine rings is 2. The van der Waals surface area contributed by atoms with Gasteiger partial charge in [-0.15, -0.1) is 0 Å². The van der Waals surface area contributed by atoms with Gasteiger partial charge in [0.15, 0.2) is 0 Å². The molecule has 6 heteroatoms. The van der Waals surface area contributed by atoms with Crippen LogP contribution in [0, 0.1) is 0 Å². The molecular weight excluding hydrogens is 547 g/mol. The molecule has 1 aliphatic heterocycles. The number of fused-ring (bicyclic) bond motifs is 1. The average Bonchev–Trinajstić information content (AvgIpc) is 3.07. The van der Waals surface area contributed by atoms with Gasteiger partial charge in [-0.2, -0.15) is 0 Å². The zero-order chi connectivity index (χ0) is 20.8. The van der Waals surface area contributed by atoms with E-state index in [2.05, 4.69) is 117 Å². The van der Waals surface area contributed by atoms with E-state index in [1.54, 1.807) is 0 Å². The van der Waals surface area contributed by atoms with Crippen LogP contribution in [0.25, 0.3) is 0 Å². The Hall–Kier alpha value is -2.17. The van der Waals surface area contributed by atoms with Crippen LogP contribution in [0.4, 0.5) is 23.0 Å². The fourth-order valence-corrected chi connectivity index (χ4v) is 3.51. The number of nitrogens with zero attached hydrogens (tertiary/aromatic N) is 4. The standard InChI is InChI=1S/C24H28BN4.Ir/c1-23(2,3)17-11-13-26-21(15-17)28-19-9-7-8-10-20(19)29(25-28)22-16-18(12-14-27-22)24(4,5)6;/h7-16H,1-6H3;. The van der Waals surface area contributed by atoms with Crippen LogP contribution in [0.2, 0.25) is 0 Å². The molecule has 0 atom stereocenters. The zero-order valence-electron chi connectivity index (χ0n) is 18.5. The molecule has 3 aromatic rings. The van der Waals surface area contributed by atoms with Crippen molar-refractivity contribution in [2.45, 2.75) is 52.4 Å². The summed E-state index contributed by atoms with van der Waals surface area (Å²) in [6.45, 7) is 13.3. The Balaban J connectivity index is 0.00000256. The van der Waals surface area contributed by atoms with E-state index in [9.17, 15) is 0 Å². The maximum Gasteiger partial charge on any atom is 0.403 e. The first-order valence-electron chi connectivity index (χ1n) is 10.1. The van der Waals surface area contributed by atoms with Gasteiger partial charge in [-0.25, -0.2) is 9.97 Å². The first-order valence-corrected chi connectivity index (χ1v) is 10.1. The third-order valence-corrected chi connectivity index (χ3v) is 5.35. The smallest absolute Gasteiger partial charge is 0.351 e. The number of anilines is 4. The Bertz CT molecular complexity index is 957. The van der Waals surface area contributed by atoms with Crippen molar-refractivity contribution in [1.29, 1.82) is 0 Å². The average molecular weight is 576 g/mol. The molecule has 1 aliphatic rings. The van der Waals surface area contributed by atoms with Crippen LogP contribution in [-0.2, 0) is 30.9 Å². The molecular formula is C24H28BIrN4. The van der Waals surface area contributed by atoms with Crippen molar-refractivity contribution in [1.82, 2.24) is 9.97 Å². The van der Waals surface area contributed by atoms with Gasteiger partial charge in [0.25, 0.3) is 0 Å². The van der Waals surface area contributed by atoms with E-state index < -0.39 is 0 Å². The Labute approximate surface area is 194 Å². The van der Waals surface area contributed by atoms with E-state index >= 15 is 0 Å². The van der Waals surface area contributed by atoms with Gasteiger partial charge in [-0.1, -0.05) is 53.7 Å². The Morgan fingerprint density at radius 1 is 0.667 bits per heavy atom. The molecule has 0 saturated carbocycles. The molecule has 156 valence electrons. The van der Waals surface area contributed by atoms with E-state index in [0.717, 1.165) is 23.0 Å². The molecule has 0 N–H and O–H groups in total. The van der Waals surface area contributed by atoms with Gasteiger partial charge >= 0.3 is 7.55 Å². The Morgan fingerprint density at radius 2 is 1.07 bits per heavy atom. The first kappa shape index (κ1) is 22.5. The SMILES string of the molecule is CC(C)(C)c1ccnc(N2[B]N(c3cc(C(C)(C)C)ccn3)c3ccccc32)c1.[Ir]. The number of para-hydroxylation sites is 2. The summed E-state index contributed by atoms with van der Waals surface area (Å²) in [5, 5.41) is 0. The zero-order valence-corrected chi connectivity index (χ0v) is 20.9. The first-order chi connectivity index (χ1) is 13.6.